The van der Waals surface area contributed by atoms with Crippen molar-refractivity contribution in [1.82, 2.24) is 29.2 Å². The monoisotopic (exact) mass is 840 g/mol. The van der Waals surface area contributed by atoms with Gasteiger partial charge in [0.15, 0.2) is 17.0 Å². The van der Waals surface area contributed by atoms with Gasteiger partial charge in [-0.15, -0.1) is 10.2 Å². The SMILES string of the molecule is CCCCOc1cc(OCC)nn2c(-c3ccccc3)c(-c3ccc(C4(N)CCC4)cc3)nc12.CCOc1ccc2nc(-c3ccc(C4(N)CCC4)cc3)c(-c3ccccc3)n2n1. The van der Waals surface area contributed by atoms with Crippen LogP contribution in [0.2, 0.25) is 0 Å². The maximum Gasteiger partial charge on any atom is 0.235 e. The number of aromatic nitrogens is 6. The molecule has 4 N–H and O–H groups in total. The second kappa shape index (κ2) is 18.0. The lowest BCUT2D eigenvalue weighted by Gasteiger charge is -2.38. The highest BCUT2D eigenvalue weighted by atomic mass is 16.5. The van der Waals surface area contributed by atoms with E-state index in [9.17, 15) is 0 Å². The fourth-order valence-corrected chi connectivity index (χ4v) is 8.49. The fraction of sp³-hybridized carbons (Fsp3) is 0.308. The number of ether oxygens (including phenoxy) is 3. The summed E-state index contributed by atoms with van der Waals surface area (Å²) in [6, 6.07) is 43.2. The molecule has 0 aliphatic heterocycles. The molecule has 322 valence electrons. The summed E-state index contributed by atoms with van der Waals surface area (Å²) in [7, 11) is 0. The predicted molar refractivity (Wildman–Crippen MR) is 250 cm³/mol. The van der Waals surface area contributed by atoms with Gasteiger partial charge in [-0.1, -0.05) is 123 Å². The van der Waals surface area contributed by atoms with Crippen molar-refractivity contribution in [2.45, 2.75) is 83.2 Å². The molecule has 4 heterocycles. The third-order valence-corrected chi connectivity index (χ3v) is 12.4. The van der Waals surface area contributed by atoms with E-state index >= 15 is 0 Å². The standard InChI is InChI=1S/C28H32N4O2.C24H24N4O/c1-3-5-18-34-23-19-24(33-4-2)31-32-26(21-10-7-6-8-11-21)25(30-27(23)32)20-12-14-22(15-13-20)28(29)16-9-17-28;1-2-29-21-14-13-20-26-22(23(28(20)27-21)18-7-4-3-5-8-18)17-9-11-19(12-10-17)24(25)15-6-16-24/h6-8,10-15,19H,3-5,9,16-18,29H2,1-2H3;3-5,7-14H,2,6,15-16,25H2,1H3. The van der Waals surface area contributed by atoms with Gasteiger partial charge in [0, 0.05) is 45.5 Å². The van der Waals surface area contributed by atoms with Crippen molar-refractivity contribution in [3.05, 3.63) is 139 Å². The highest BCUT2D eigenvalue weighted by Crippen LogP contribution is 2.42. The van der Waals surface area contributed by atoms with Gasteiger partial charge in [-0.3, -0.25) is 0 Å². The predicted octanol–water partition coefficient (Wildman–Crippen LogP) is 10.8. The molecular formula is C52H56N8O3. The number of nitrogens with zero attached hydrogens (tertiary/aromatic N) is 6. The molecule has 8 aromatic rings. The normalized spacial score (nSPS) is 14.9. The Kier molecular flexibility index (Phi) is 12.0. The molecule has 0 bridgehead atoms. The zero-order valence-corrected chi connectivity index (χ0v) is 36.5. The van der Waals surface area contributed by atoms with Crippen molar-refractivity contribution in [3.8, 4) is 62.5 Å². The van der Waals surface area contributed by atoms with Crippen molar-refractivity contribution < 1.29 is 14.2 Å². The van der Waals surface area contributed by atoms with Crippen LogP contribution in [-0.4, -0.2) is 49.0 Å². The Balaban J connectivity index is 0.000000162. The van der Waals surface area contributed by atoms with Gasteiger partial charge in [-0.05, 0) is 76.0 Å². The van der Waals surface area contributed by atoms with Gasteiger partial charge in [0.1, 0.15) is 11.4 Å². The number of fused-ring (bicyclic) bond motifs is 2. The summed E-state index contributed by atoms with van der Waals surface area (Å²) in [6.45, 7) is 7.78. The zero-order valence-electron chi connectivity index (χ0n) is 36.5. The summed E-state index contributed by atoms with van der Waals surface area (Å²) >= 11 is 0. The minimum absolute atomic E-state index is 0.159. The minimum Gasteiger partial charge on any atom is -0.489 e. The van der Waals surface area contributed by atoms with Crippen LogP contribution in [0.5, 0.6) is 17.5 Å². The van der Waals surface area contributed by atoms with E-state index in [0.29, 0.717) is 43.0 Å². The van der Waals surface area contributed by atoms with E-state index in [1.165, 1.54) is 24.0 Å². The van der Waals surface area contributed by atoms with E-state index in [4.69, 9.17) is 40.7 Å². The Labute approximate surface area is 369 Å². The van der Waals surface area contributed by atoms with Crippen LogP contribution in [0.1, 0.15) is 83.3 Å². The smallest absolute Gasteiger partial charge is 0.235 e. The summed E-state index contributed by atoms with van der Waals surface area (Å²) in [6.07, 6.45) is 8.62. The van der Waals surface area contributed by atoms with E-state index in [1.54, 1.807) is 0 Å². The van der Waals surface area contributed by atoms with Crippen molar-refractivity contribution >= 4 is 11.3 Å². The molecule has 0 spiro atoms. The van der Waals surface area contributed by atoms with Crippen LogP contribution in [0, 0.1) is 0 Å². The van der Waals surface area contributed by atoms with Crippen LogP contribution in [0.4, 0.5) is 0 Å². The highest BCUT2D eigenvalue weighted by molar-refractivity contribution is 5.84. The summed E-state index contributed by atoms with van der Waals surface area (Å²) in [5.41, 5.74) is 24.4. The van der Waals surface area contributed by atoms with E-state index in [0.717, 1.165) is 89.2 Å². The number of rotatable bonds is 14. The molecule has 11 heteroatoms. The average Bonchev–Trinajstić information content (AvgIpc) is 3.88. The Morgan fingerprint density at radius 2 is 1.05 bits per heavy atom. The lowest BCUT2D eigenvalue weighted by molar-refractivity contribution is 0.253. The molecular weight excluding hydrogens is 785 g/mol. The largest absolute Gasteiger partial charge is 0.489 e. The maximum absolute atomic E-state index is 6.56. The lowest BCUT2D eigenvalue weighted by atomic mass is 9.72. The molecule has 0 amide bonds. The molecule has 11 nitrogen and oxygen atoms in total. The first-order chi connectivity index (χ1) is 30.8. The number of unbranched alkanes of at least 4 members (excludes halogenated alkanes) is 1. The number of imidazole rings is 2. The zero-order chi connectivity index (χ0) is 43.4. The molecule has 63 heavy (non-hydrogen) atoms. The topological polar surface area (TPSA) is 140 Å². The Morgan fingerprint density at radius 1 is 0.540 bits per heavy atom. The van der Waals surface area contributed by atoms with Crippen molar-refractivity contribution in [1.29, 1.82) is 0 Å². The number of hydrogen-bond donors (Lipinski definition) is 2. The van der Waals surface area contributed by atoms with E-state index in [2.05, 4.69) is 84.8 Å². The molecule has 4 aromatic carbocycles. The lowest BCUT2D eigenvalue weighted by Crippen LogP contribution is -2.43. The molecule has 0 atom stereocenters. The molecule has 4 aromatic heterocycles. The van der Waals surface area contributed by atoms with Crippen LogP contribution in [-0.2, 0) is 11.1 Å². The van der Waals surface area contributed by atoms with Gasteiger partial charge >= 0.3 is 0 Å². The van der Waals surface area contributed by atoms with Crippen LogP contribution < -0.4 is 25.7 Å². The van der Waals surface area contributed by atoms with Gasteiger partial charge in [0.25, 0.3) is 0 Å². The van der Waals surface area contributed by atoms with Crippen molar-refractivity contribution in [3.63, 3.8) is 0 Å². The van der Waals surface area contributed by atoms with Crippen molar-refractivity contribution in [2.75, 3.05) is 19.8 Å². The van der Waals surface area contributed by atoms with Crippen LogP contribution in [0.15, 0.2) is 127 Å². The third-order valence-electron chi connectivity index (χ3n) is 12.4. The van der Waals surface area contributed by atoms with Crippen molar-refractivity contribution in [2.24, 2.45) is 11.5 Å². The summed E-state index contributed by atoms with van der Waals surface area (Å²) in [5, 5.41) is 9.47. The molecule has 0 radical (unpaired) electrons. The Hall–Kier alpha value is -6.56. The summed E-state index contributed by atoms with van der Waals surface area (Å²) in [5.74, 6) is 1.79. The molecule has 2 aliphatic rings. The highest BCUT2D eigenvalue weighted by Gasteiger charge is 2.35. The second-order valence-corrected chi connectivity index (χ2v) is 16.6. The molecule has 10 rings (SSSR count). The first-order valence-electron chi connectivity index (χ1n) is 22.4. The first-order valence-corrected chi connectivity index (χ1v) is 22.4. The van der Waals surface area contributed by atoms with Gasteiger partial charge in [-0.2, -0.15) is 0 Å². The average molecular weight is 841 g/mol. The molecule has 2 aliphatic carbocycles. The summed E-state index contributed by atoms with van der Waals surface area (Å²) in [4.78, 5) is 9.95. The molecule has 0 saturated heterocycles. The van der Waals surface area contributed by atoms with E-state index in [1.807, 2.05) is 77.5 Å². The maximum atomic E-state index is 6.56. The van der Waals surface area contributed by atoms with Crippen LogP contribution in [0.25, 0.3) is 56.3 Å². The van der Waals surface area contributed by atoms with Crippen LogP contribution in [0.3, 0.4) is 0 Å². The second-order valence-electron chi connectivity index (χ2n) is 16.6. The molecule has 0 unspecified atom stereocenters. The van der Waals surface area contributed by atoms with E-state index in [-0.39, 0.29) is 11.1 Å². The Bertz CT molecular complexity index is 2790. The Morgan fingerprint density at radius 3 is 1.56 bits per heavy atom. The number of benzene rings is 4. The van der Waals surface area contributed by atoms with Crippen LogP contribution >= 0.6 is 0 Å². The minimum atomic E-state index is -0.187. The van der Waals surface area contributed by atoms with Gasteiger partial charge in [0.2, 0.25) is 11.8 Å². The molecule has 2 saturated carbocycles. The number of nitrogens with two attached hydrogens (primary N) is 2. The number of hydrogen-bond acceptors (Lipinski definition) is 9. The third kappa shape index (κ3) is 8.38. The van der Waals surface area contributed by atoms with E-state index < -0.39 is 0 Å². The summed E-state index contributed by atoms with van der Waals surface area (Å²) < 4.78 is 21.3. The molecule has 2 fully saturated rings. The van der Waals surface area contributed by atoms with Gasteiger partial charge in [0.05, 0.1) is 31.2 Å². The van der Waals surface area contributed by atoms with Gasteiger partial charge < -0.3 is 25.7 Å². The quantitative estimate of drug-likeness (QED) is 0.102. The first kappa shape index (κ1) is 41.8. The fourth-order valence-electron chi connectivity index (χ4n) is 8.49. The van der Waals surface area contributed by atoms with Gasteiger partial charge in [-0.25, -0.2) is 19.0 Å².